The molecule has 0 radical (unpaired) electrons. The third-order valence-corrected chi connectivity index (χ3v) is 5.46. The zero-order valence-corrected chi connectivity index (χ0v) is 16.7. The molecule has 1 saturated heterocycles. The molecule has 1 fully saturated rings. The lowest BCUT2D eigenvalue weighted by Gasteiger charge is -2.26. The van der Waals surface area contributed by atoms with Crippen molar-refractivity contribution in [1.29, 1.82) is 0 Å². The molecule has 0 aromatic heterocycles. The maximum atomic E-state index is 12.3. The predicted molar refractivity (Wildman–Crippen MR) is 114 cm³/mol. The van der Waals surface area contributed by atoms with Crippen molar-refractivity contribution in [2.45, 2.75) is 19.3 Å². The van der Waals surface area contributed by atoms with Gasteiger partial charge in [0.25, 0.3) is 0 Å². The van der Waals surface area contributed by atoms with Crippen molar-refractivity contribution in [2.75, 3.05) is 36.5 Å². The summed E-state index contributed by atoms with van der Waals surface area (Å²) >= 11 is 1.89. The van der Waals surface area contributed by atoms with E-state index in [0.717, 1.165) is 41.6 Å². The van der Waals surface area contributed by atoms with Crippen LogP contribution in [0.1, 0.15) is 18.4 Å². The Morgan fingerprint density at radius 2 is 1.71 bits per heavy atom. The molecular weight excluding hydrogens is 372 g/mol. The predicted octanol–water partition coefficient (Wildman–Crippen LogP) is 3.60. The molecule has 1 heterocycles. The number of amides is 2. The number of anilines is 1. The smallest absolute Gasteiger partial charge is 0.227 e. The van der Waals surface area contributed by atoms with Gasteiger partial charge < -0.3 is 15.0 Å². The summed E-state index contributed by atoms with van der Waals surface area (Å²) in [5.74, 6) is 3.00. The van der Waals surface area contributed by atoms with Crippen molar-refractivity contribution in [3.63, 3.8) is 0 Å². The first-order valence-electron chi connectivity index (χ1n) is 9.63. The molecule has 5 nitrogen and oxygen atoms in total. The van der Waals surface area contributed by atoms with Gasteiger partial charge in [-0.25, -0.2) is 0 Å². The second-order valence-electron chi connectivity index (χ2n) is 6.68. The fourth-order valence-corrected chi connectivity index (χ4v) is 3.87. The van der Waals surface area contributed by atoms with Gasteiger partial charge in [-0.15, -0.1) is 0 Å². The Hall–Kier alpha value is -2.47. The van der Waals surface area contributed by atoms with Crippen molar-refractivity contribution >= 4 is 29.3 Å². The molecule has 0 saturated carbocycles. The first-order chi connectivity index (χ1) is 13.7. The quantitative estimate of drug-likeness (QED) is 0.690. The lowest BCUT2D eigenvalue weighted by Crippen LogP contribution is -2.38. The zero-order chi connectivity index (χ0) is 19.6. The minimum Gasteiger partial charge on any atom is -0.494 e. The van der Waals surface area contributed by atoms with E-state index in [1.165, 1.54) is 0 Å². The second-order valence-corrected chi connectivity index (χ2v) is 7.90. The SMILES string of the molecule is O=C(CCCOc1ccccc1)Nc1ccc(CC(=O)N2CCSCC2)cc1. The fraction of sp³-hybridized carbons (Fsp3) is 0.364. The average Bonchev–Trinajstić information content (AvgIpc) is 2.74. The second kappa shape index (κ2) is 10.8. The Kier molecular flexibility index (Phi) is 7.79. The van der Waals surface area contributed by atoms with Gasteiger partial charge >= 0.3 is 0 Å². The van der Waals surface area contributed by atoms with E-state index < -0.39 is 0 Å². The summed E-state index contributed by atoms with van der Waals surface area (Å²) in [6, 6.07) is 17.1. The van der Waals surface area contributed by atoms with Crippen molar-refractivity contribution in [3.05, 3.63) is 60.2 Å². The maximum absolute atomic E-state index is 12.3. The van der Waals surface area contributed by atoms with Gasteiger partial charge in [-0.3, -0.25) is 9.59 Å². The van der Waals surface area contributed by atoms with Crippen LogP contribution in [0.25, 0.3) is 0 Å². The summed E-state index contributed by atoms with van der Waals surface area (Å²) < 4.78 is 5.59. The number of ether oxygens (including phenoxy) is 1. The molecular formula is C22H26N2O3S. The van der Waals surface area contributed by atoms with Crippen LogP contribution >= 0.6 is 11.8 Å². The molecule has 0 aliphatic carbocycles. The topological polar surface area (TPSA) is 58.6 Å². The highest BCUT2D eigenvalue weighted by molar-refractivity contribution is 7.99. The number of para-hydroxylation sites is 1. The molecule has 2 aromatic rings. The molecule has 1 aliphatic rings. The monoisotopic (exact) mass is 398 g/mol. The molecule has 0 unspecified atom stereocenters. The number of hydrogen-bond donors (Lipinski definition) is 1. The minimum absolute atomic E-state index is 0.0358. The van der Waals surface area contributed by atoms with Crippen LogP contribution in [0.4, 0.5) is 5.69 Å². The van der Waals surface area contributed by atoms with Gasteiger partial charge in [0.2, 0.25) is 11.8 Å². The number of carbonyl (C=O) groups excluding carboxylic acids is 2. The molecule has 0 spiro atoms. The van der Waals surface area contributed by atoms with Gasteiger partial charge in [0.15, 0.2) is 0 Å². The molecule has 0 bridgehead atoms. The van der Waals surface area contributed by atoms with E-state index in [9.17, 15) is 9.59 Å². The molecule has 0 atom stereocenters. The number of benzene rings is 2. The number of thioether (sulfide) groups is 1. The third kappa shape index (κ3) is 6.60. The van der Waals surface area contributed by atoms with Gasteiger partial charge in [-0.1, -0.05) is 30.3 Å². The zero-order valence-electron chi connectivity index (χ0n) is 15.9. The van der Waals surface area contributed by atoms with Crippen LogP contribution < -0.4 is 10.1 Å². The number of nitrogens with zero attached hydrogens (tertiary/aromatic N) is 1. The van der Waals surface area contributed by atoms with Gasteiger partial charge in [0.05, 0.1) is 13.0 Å². The van der Waals surface area contributed by atoms with Crippen LogP contribution in [0.15, 0.2) is 54.6 Å². The molecule has 1 aliphatic heterocycles. The van der Waals surface area contributed by atoms with Gasteiger partial charge in [-0.2, -0.15) is 11.8 Å². The van der Waals surface area contributed by atoms with E-state index in [4.69, 9.17) is 4.74 Å². The van der Waals surface area contributed by atoms with E-state index in [1.807, 2.05) is 71.3 Å². The van der Waals surface area contributed by atoms with Crippen LogP contribution in [0, 0.1) is 0 Å². The maximum Gasteiger partial charge on any atom is 0.227 e. The van der Waals surface area contributed by atoms with E-state index >= 15 is 0 Å². The van der Waals surface area contributed by atoms with Gasteiger partial charge in [-0.05, 0) is 36.2 Å². The fourth-order valence-electron chi connectivity index (χ4n) is 2.97. The van der Waals surface area contributed by atoms with Crippen LogP contribution in [0.3, 0.4) is 0 Å². The van der Waals surface area contributed by atoms with Crippen molar-refractivity contribution < 1.29 is 14.3 Å². The first-order valence-corrected chi connectivity index (χ1v) is 10.8. The van der Waals surface area contributed by atoms with E-state index in [2.05, 4.69) is 5.32 Å². The van der Waals surface area contributed by atoms with E-state index in [0.29, 0.717) is 25.9 Å². The molecule has 3 rings (SSSR count). The first kappa shape index (κ1) is 20.3. The van der Waals surface area contributed by atoms with Crippen LogP contribution in [0.2, 0.25) is 0 Å². The Labute approximate surface area is 170 Å². The minimum atomic E-state index is -0.0358. The van der Waals surface area contributed by atoms with E-state index in [1.54, 1.807) is 0 Å². The van der Waals surface area contributed by atoms with Crippen LogP contribution in [-0.2, 0) is 16.0 Å². The Morgan fingerprint density at radius 1 is 1.00 bits per heavy atom. The molecule has 6 heteroatoms. The van der Waals surface area contributed by atoms with Crippen LogP contribution in [-0.4, -0.2) is 47.9 Å². The summed E-state index contributed by atoms with van der Waals surface area (Å²) in [5.41, 5.74) is 1.72. The number of carbonyl (C=O) groups is 2. The number of rotatable bonds is 8. The number of nitrogens with one attached hydrogen (secondary N) is 1. The van der Waals surface area contributed by atoms with Gasteiger partial charge in [0.1, 0.15) is 5.75 Å². The van der Waals surface area contributed by atoms with E-state index in [-0.39, 0.29) is 11.8 Å². The molecule has 148 valence electrons. The molecule has 2 aromatic carbocycles. The lowest BCUT2D eigenvalue weighted by atomic mass is 10.1. The van der Waals surface area contributed by atoms with Crippen molar-refractivity contribution in [1.82, 2.24) is 4.90 Å². The Balaban J connectivity index is 1.37. The normalized spacial score (nSPS) is 13.8. The van der Waals surface area contributed by atoms with Crippen LogP contribution in [0.5, 0.6) is 5.75 Å². The number of hydrogen-bond acceptors (Lipinski definition) is 4. The highest BCUT2D eigenvalue weighted by atomic mass is 32.2. The standard InChI is InChI=1S/C22H26N2O3S/c25-21(7-4-14-27-20-5-2-1-3-6-20)23-19-10-8-18(9-11-19)17-22(26)24-12-15-28-16-13-24/h1-3,5-6,8-11H,4,7,12-17H2,(H,23,25). The van der Waals surface area contributed by atoms with Gasteiger partial charge in [0, 0.05) is 36.7 Å². The Morgan fingerprint density at radius 3 is 2.43 bits per heavy atom. The summed E-state index contributed by atoms with van der Waals surface area (Å²) in [4.78, 5) is 26.3. The molecule has 2 amide bonds. The summed E-state index contributed by atoms with van der Waals surface area (Å²) in [7, 11) is 0. The highest BCUT2D eigenvalue weighted by Gasteiger charge is 2.16. The Bertz CT molecular complexity index is 759. The largest absolute Gasteiger partial charge is 0.494 e. The highest BCUT2D eigenvalue weighted by Crippen LogP contribution is 2.14. The van der Waals surface area contributed by atoms with Crippen molar-refractivity contribution in [2.24, 2.45) is 0 Å². The summed E-state index contributed by atoms with van der Waals surface area (Å²) in [6.07, 6.45) is 1.47. The third-order valence-electron chi connectivity index (χ3n) is 4.52. The average molecular weight is 399 g/mol. The lowest BCUT2D eigenvalue weighted by molar-refractivity contribution is -0.130. The summed E-state index contributed by atoms with van der Waals surface area (Å²) in [6.45, 7) is 2.19. The molecule has 1 N–H and O–H groups in total. The van der Waals surface area contributed by atoms with Crippen molar-refractivity contribution in [3.8, 4) is 5.75 Å². The molecule has 28 heavy (non-hydrogen) atoms. The summed E-state index contributed by atoms with van der Waals surface area (Å²) in [5, 5.41) is 2.89.